The van der Waals surface area contributed by atoms with E-state index in [9.17, 15) is 9.59 Å². The first-order chi connectivity index (χ1) is 15.4. The maximum Gasteiger partial charge on any atom is 0.251 e. The van der Waals surface area contributed by atoms with Gasteiger partial charge in [0.05, 0.1) is 0 Å². The Morgan fingerprint density at radius 1 is 0.656 bits per heavy atom. The maximum atomic E-state index is 12.4. The van der Waals surface area contributed by atoms with Crippen molar-refractivity contribution < 1.29 is 0 Å². The van der Waals surface area contributed by atoms with Crippen molar-refractivity contribution in [2.75, 3.05) is 39.3 Å². The standard InChI is InChI=1S/C24H28Br2N4O2/c25-19-5-21-17-3-15(11-29(21)23(31)7-19)9-27(13-17)1-2-28-10-16-4-18(14-28)22-6-20(26)8-24(32)30(22)12-16/h5-8,15-18H,1-4,9-14H2/t15-,16-,17-,18-/m0/s1. The zero-order chi connectivity index (χ0) is 22.0. The SMILES string of the molecule is O=c1cc(Br)cc2n1C[C@H]1C[C@H]2CN(CCN2C[C@@H]3C[C@@H](C2)c2cc(Br)cc(=O)n2C3)C1. The van der Waals surface area contributed by atoms with Crippen LogP contribution >= 0.6 is 31.9 Å². The van der Waals surface area contributed by atoms with Crippen LogP contribution in [-0.2, 0) is 13.1 Å². The third-order valence-electron chi connectivity index (χ3n) is 7.93. The van der Waals surface area contributed by atoms with Crippen LogP contribution in [0.5, 0.6) is 0 Å². The highest BCUT2D eigenvalue weighted by atomic mass is 79.9. The molecule has 170 valence electrons. The lowest BCUT2D eigenvalue weighted by Crippen LogP contribution is -2.51. The van der Waals surface area contributed by atoms with E-state index in [1.54, 1.807) is 12.1 Å². The molecular weight excluding hydrogens is 536 g/mol. The molecule has 4 aliphatic heterocycles. The number of halogens is 2. The fourth-order valence-electron chi connectivity index (χ4n) is 6.70. The molecule has 0 aliphatic carbocycles. The molecular formula is C24H28Br2N4O2. The number of rotatable bonds is 3. The molecule has 4 atom stereocenters. The van der Waals surface area contributed by atoms with Gasteiger partial charge in [-0.15, -0.1) is 0 Å². The minimum Gasteiger partial charge on any atom is -0.312 e. The average Bonchev–Trinajstić information content (AvgIpc) is 2.74. The smallest absolute Gasteiger partial charge is 0.251 e. The number of piperidine rings is 2. The Labute approximate surface area is 204 Å². The molecule has 2 fully saturated rings. The Hall–Kier alpha value is -1.22. The fourth-order valence-corrected chi connectivity index (χ4v) is 7.56. The number of hydrogen-bond acceptors (Lipinski definition) is 4. The van der Waals surface area contributed by atoms with Gasteiger partial charge in [0.15, 0.2) is 0 Å². The van der Waals surface area contributed by atoms with Crippen molar-refractivity contribution in [3.8, 4) is 0 Å². The molecule has 2 aromatic heterocycles. The number of hydrogen-bond donors (Lipinski definition) is 0. The molecule has 8 heteroatoms. The summed E-state index contributed by atoms with van der Waals surface area (Å²) in [6, 6.07) is 7.69. The Balaban J connectivity index is 1.13. The van der Waals surface area contributed by atoms with Gasteiger partial charge in [-0.2, -0.15) is 0 Å². The predicted molar refractivity (Wildman–Crippen MR) is 131 cm³/mol. The lowest BCUT2D eigenvalue weighted by molar-refractivity contribution is 0.0792. The van der Waals surface area contributed by atoms with Gasteiger partial charge in [-0.1, -0.05) is 31.9 Å². The molecule has 2 saturated heterocycles. The number of aromatic nitrogens is 2. The quantitative estimate of drug-likeness (QED) is 0.576. The molecule has 0 N–H and O–H groups in total. The Morgan fingerprint density at radius 2 is 1.09 bits per heavy atom. The van der Waals surface area contributed by atoms with Crippen molar-refractivity contribution in [3.63, 3.8) is 0 Å². The highest BCUT2D eigenvalue weighted by Gasteiger charge is 2.37. The van der Waals surface area contributed by atoms with E-state index in [2.05, 4.69) is 53.8 Å². The second-order valence-corrected chi connectivity index (χ2v) is 12.0. The summed E-state index contributed by atoms with van der Waals surface area (Å²) in [6.45, 7) is 8.11. The highest BCUT2D eigenvalue weighted by molar-refractivity contribution is 9.10. The van der Waals surface area contributed by atoms with Crippen LogP contribution in [-0.4, -0.2) is 58.2 Å². The van der Waals surface area contributed by atoms with E-state index < -0.39 is 0 Å². The summed E-state index contributed by atoms with van der Waals surface area (Å²) in [6.07, 6.45) is 2.39. The number of nitrogens with zero attached hydrogens (tertiary/aromatic N) is 4. The summed E-state index contributed by atoms with van der Waals surface area (Å²) in [5.41, 5.74) is 2.66. The molecule has 4 bridgehead atoms. The van der Waals surface area contributed by atoms with Crippen LogP contribution < -0.4 is 11.1 Å². The Kier molecular flexibility index (Phi) is 5.48. The zero-order valence-electron chi connectivity index (χ0n) is 18.1. The van der Waals surface area contributed by atoms with Crippen molar-refractivity contribution in [1.29, 1.82) is 0 Å². The maximum absolute atomic E-state index is 12.4. The summed E-state index contributed by atoms with van der Waals surface area (Å²) < 4.78 is 5.81. The minimum atomic E-state index is 0.128. The molecule has 2 aromatic rings. The van der Waals surface area contributed by atoms with Gasteiger partial charge in [0.25, 0.3) is 11.1 Å². The van der Waals surface area contributed by atoms with E-state index in [4.69, 9.17) is 0 Å². The van der Waals surface area contributed by atoms with Crippen LogP contribution in [0.3, 0.4) is 0 Å². The third kappa shape index (κ3) is 3.87. The molecule has 0 unspecified atom stereocenters. The van der Waals surface area contributed by atoms with Gasteiger partial charge in [0.1, 0.15) is 0 Å². The first-order valence-electron chi connectivity index (χ1n) is 11.7. The van der Waals surface area contributed by atoms with E-state index in [1.807, 2.05) is 9.13 Å². The summed E-state index contributed by atoms with van der Waals surface area (Å²) in [7, 11) is 0. The normalized spacial score (nSPS) is 29.4. The molecule has 32 heavy (non-hydrogen) atoms. The van der Waals surface area contributed by atoms with Gasteiger partial charge in [0, 0.05) is 96.7 Å². The second kappa shape index (κ2) is 8.22. The van der Waals surface area contributed by atoms with Crippen molar-refractivity contribution in [3.05, 3.63) is 65.3 Å². The molecule has 0 aromatic carbocycles. The lowest BCUT2D eigenvalue weighted by Gasteiger charge is -2.45. The first-order valence-corrected chi connectivity index (χ1v) is 13.3. The van der Waals surface area contributed by atoms with Crippen LogP contribution in [0.4, 0.5) is 0 Å². The van der Waals surface area contributed by atoms with E-state index >= 15 is 0 Å². The molecule has 6 heterocycles. The second-order valence-electron chi connectivity index (χ2n) is 10.2. The Bertz CT molecular complexity index is 1080. The van der Waals surface area contributed by atoms with E-state index in [1.165, 1.54) is 24.2 Å². The van der Waals surface area contributed by atoms with E-state index in [0.717, 1.165) is 61.3 Å². The average molecular weight is 564 g/mol. The van der Waals surface area contributed by atoms with Crippen LogP contribution in [0.15, 0.2) is 42.8 Å². The summed E-state index contributed by atoms with van der Waals surface area (Å²) in [5.74, 6) is 2.03. The van der Waals surface area contributed by atoms with Gasteiger partial charge in [-0.05, 0) is 36.8 Å². The van der Waals surface area contributed by atoms with Crippen LogP contribution in [0.1, 0.15) is 36.1 Å². The number of fused-ring (bicyclic) bond motifs is 8. The van der Waals surface area contributed by atoms with Crippen molar-refractivity contribution in [2.45, 2.75) is 37.8 Å². The molecule has 0 spiro atoms. The van der Waals surface area contributed by atoms with E-state index in [-0.39, 0.29) is 11.1 Å². The Morgan fingerprint density at radius 3 is 1.53 bits per heavy atom. The molecule has 6 nitrogen and oxygen atoms in total. The zero-order valence-corrected chi connectivity index (χ0v) is 21.2. The number of pyridine rings is 2. The first kappa shape index (κ1) is 21.3. The van der Waals surface area contributed by atoms with Crippen LogP contribution in [0, 0.1) is 11.8 Å². The van der Waals surface area contributed by atoms with Gasteiger partial charge in [-0.25, -0.2) is 0 Å². The topological polar surface area (TPSA) is 50.5 Å². The monoisotopic (exact) mass is 562 g/mol. The lowest BCUT2D eigenvalue weighted by atomic mass is 9.82. The molecule has 4 aliphatic rings. The van der Waals surface area contributed by atoms with Crippen LogP contribution in [0.25, 0.3) is 0 Å². The third-order valence-corrected chi connectivity index (χ3v) is 8.84. The van der Waals surface area contributed by atoms with Crippen molar-refractivity contribution >= 4 is 31.9 Å². The van der Waals surface area contributed by atoms with Gasteiger partial charge in [-0.3, -0.25) is 9.59 Å². The fraction of sp³-hybridized carbons (Fsp3) is 0.583. The van der Waals surface area contributed by atoms with Crippen molar-refractivity contribution in [1.82, 2.24) is 18.9 Å². The summed E-state index contributed by atoms with van der Waals surface area (Å²) >= 11 is 7.03. The van der Waals surface area contributed by atoms with Crippen molar-refractivity contribution in [2.24, 2.45) is 11.8 Å². The van der Waals surface area contributed by atoms with Gasteiger partial charge < -0.3 is 18.9 Å². The number of likely N-dealkylation sites (tertiary alicyclic amines) is 2. The predicted octanol–water partition coefficient (Wildman–Crippen LogP) is 3.07. The highest BCUT2D eigenvalue weighted by Crippen LogP contribution is 2.37. The molecule has 0 radical (unpaired) electrons. The van der Waals surface area contributed by atoms with Gasteiger partial charge >= 0.3 is 0 Å². The summed E-state index contributed by atoms with van der Waals surface area (Å²) in [5, 5.41) is 0. The van der Waals surface area contributed by atoms with Crippen LogP contribution in [0.2, 0.25) is 0 Å². The molecule has 6 rings (SSSR count). The molecule has 0 amide bonds. The van der Waals surface area contributed by atoms with E-state index in [0.29, 0.717) is 23.7 Å². The largest absolute Gasteiger partial charge is 0.312 e. The van der Waals surface area contributed by atoms with Gasteiger partial charge in [0.2, 0.25) is 0 Å². The minimum absolute atomic E-state index is 0.128. The molecule has 0 saturated carbocycles. The summed E-state index contributed by atoms with van der Waals surface area (Å²) in [4.78, 5) is 30.1.